The first-order valence-electron chi connectivity index (χ1n) is 12.4. The van der Waals surface area contributed by atoms with E-state index in [0.29, 0.717) is 10.6 Å². The summed E-state index contributed by atoms with van der Waals surface area (Å²) in [4.78, 5) is 45.1. The lowest BCUT2D eigenvalue weighted by Gasteiger charge is -2.46. The van der Waals surface area contributed by atoms with Crippen molar-refractivity contribution < 1.29 is 38.8 Å². The van der Waals surface area contributed by atoms with Crippen LogP contribution in [0.1, 0.15) is 63.4 Å². The first-order chi connectivity index (χ1) is 17.7. The monoisotopic (exact) mass is 552 g/mol. The van der Waals surface area contributed by atoms with Crippen LogP contribution in [0, 0.1) is 11.8 Å². The summed E-state index contributed by atoms with van der Waals surface area (Å²) in [5.74, 6) is -2.01. The van der Waals surface area contributed by atoms with Crippen molar-refractivity contribution in [3.8, 4) is 0 Å². The zero-order chi connectivity index (χ0) is 26.7. The highest BCUT2D eigenvalue weighted by atomic mass is 32.2. The van der Waals surface area contributed by atoms with E-state index in [1.807, 2.05) is 6.92 Å². The van der Waals surface area contributed by atoms with Gasteiger partial charge in [-0.2, -0.15) is 0 Å². The van der Waals surface area contributed by atoms with Gasteiger partial charge in [0.2, 0.25) is 12.2 Å². The zero-order valence-corrected chi connectivity index (χ0v) is 22.6. The fourth-order valence-corrected chi connectivity index (χ4v) is 6.86. The molecule has 2 fully saturated rings. The SMILES string of the molecule is CC(OC(=O)OC1CCCCC1)OC(=O)C1=C(SC=Cc2scnc2CO)[C@H](C)[C@@H]2[C@@H]([C@@H](C)O)C(=O)N12. The second-order valence-corrected chi connectivity index (χ2v) is 11.3. The van der Waals surface area contributed by atoms with Crippen LogP contribution in [0.5, 0.6) is 0 Å². The highest BCUT2D eigenvalue weighted by Crippen LogP contribution is 2.51. The predicted molar refractivity (Wildman–Crippen MR) is 137 cm³/mol. The molecule has 37 heavy (non-hydrogen) atoms. The topological polar surface area (TPSA) is 135 Å². The molecule has 3 heterocycles. The normalized spacial score (nSPS) is 25.6. The molecule has 10 nitrogen and oxygen atoms in total. The van der Waals surface area contributed by atoms with Gasteiger partial charge in [0.1, 0.15) is 11.8 Å². The summed E-state index contributed by atoms with van der Waals surface area (Å²) in [5.41, 5.74) is 2.26. The fraction of sp³-hybridized carbons (Fsp3) is 0.600. The zero-order valence-electron chi connectivity index (χ0n) is 21.0. The largest absolute Gasteiger partial charge is 0.511 e. The van der Waals surface area contributed by atoms with Gasteiger partial charge in [0.05, 0.1) is 40.8 Å². The number of amides is 1. The van der Waals surface area contributed by atoms with Gasteiger partial charge in [0, 0.05) is 17.7 Å². The molecule has 1 aromatic heterocycles. The second-order valence-electron chi connectivity index (χ2n) is 9.43. The Bertz CT molecular complexity index is 1080. The minimum atomic E-state index is -1.22. The molecule has 2 aliphatic heterocycles. The number of ether oxygens (including phenoxy) is 3. The lowest BCUT2D eigenvalue weighted by molar-refractivity contribution is -0.174. The lowest BCUT2D eigenvalue weighted by Crippen LogP contribution is -2.63. The van der Waals surface area contributed by atoms with Gasteiger partial charge in [-0.05, 0) is 44.1 Å². The number of thiazole rings is 1. The van der Waals surface area contributed by atoms with Crippen LogP contribution in [0.3, 0.4) is 0 Å². The van der Waals surface area contributed by atoms with Crippen LogP contribution in [-0.2, 0) is 30.4 Å². The second kappa shape index (κ2) is 12.0. The van der Waals surface area contributed by atoms with Gasteiger partial charge in [0.25, 0.3) is 0 Å². The summed E-state index contributed by atoms with van der Waals surface area (Å²) in [6.45, 7) is 4.68. The summed E-state index contributed by atoms with van der Waals surface area (Å²) in [6, 6.07) is -0.380. The van der Waals surface area contributed by atoms with Gasteiger partial charge in [-0.15, -0.1) is 11.3 Å². The van der Waals surface area contributed by atoms with Crippen molar-refractivity contribution in [2.24, 2.45) is 11.8 Å². The van der Waals surface area contributed by atoms with Gasteiger partial charge in [-0.3, -0.25) is 4.79 Å². The lowest BCUT2D eigenvalue weighted by atomic mass is 9.79. The molecule has 1 amide bonds. The average molecular weight is 553 g/mol. The van der Waals surface area contributed by atoms with Crippen LogP contribution in [0.25, 0.3) is 6.08 Å². The molecule has 1 aromatic rings. The van der Waals surface area contributed by atoms with E-state index in [9.17, 15) is 24.6 Å². The number of aliphatic hydroxyl groups is 2. The van der Waals surface area contributed by atoms with Crippen LogP contribution < -0.4 is 0 Å². The maximum atomic E-state index is 13.2. The van der Waals surface area contributed by atoms with Crippen molar-refractivity contribution in [1.29, 1.82) is 0 Å². The van der Waals surface area contributed by atoms with E-state index in [-0.39, 0.29) is 36.3 Å². The summed E-state index contributed by atoms with van der Waals surface area (Å²) >= 11 is 2.63. The number of rotatable bonds is 9. The number of hydrogen-bond acceptors (Lipinski definition) is 11. The van der Waals surface area contributed by atoms with E-state index in [2.05, 4.69) is 4.98 Å². The Morgan fingerprint density at radius 1 is 1.27 bits per heavy atom. The van der Waals surface area contributed by atoms with E-state index >= 15 is 0 Å². The molecule has 3 aliphatic rings. The molecular weight excluding hydrogens is 520 g/mol. The molecule has 1 saturated carbocycles. The number of esters is 1. The molecular formula is C25H32N2O8S2. The van der Waals surface area contributed by atoms with E-state index in [0.717, 1.165) is 37.0 Å². The van der Waals surface area contributed by atoms with Crippen molar-refractivity contribution >= 4 is 47.2 Å². The highest BCUT2D eigenvalue weighted by Gasteiger charge is 2.60. The third-order valence-electron chi connectivity index (χ3n) is 6.89. The third kappa shape index (κ3) is 5.87. The Kier molecular flexibility index (Phi) is 8.94. The fourth-order valence-electron chi connectivity index (χ4n) is 5.08. The van der Waals surface area contributed by atoms with Crippen LogP contribution in [-0.4, -0.2) is 62.7 Å². The Labute approximate surface area is 223 Å². The van der Waals surface area contributed by atoms with Gasteiger partial charge < -0.3 is 29.3 Å². The van der Waals surface area contributed by atoms with Crippen molar-refractivity contribution in [2.75, 3.05) is 0 Å². The Morgan fingerprint density at radius 3 is 2.68 bits per heavy atom. The van der Waals surface area contributed by atoms with Crippen LogP contribution in [0.2, 0.25) is 0 Å². The number of thioether (sulfide) groups is 1. The molecule has 1 unspecified atom stereocenters. The standard InChI is InChI=1S/C25H32N2O8S2/c1-13-20-19(14(2)29)23(30)27(20)21(22(13)36-10-9-18-17(11-28)26-12-37-18)24(31)33-15(3)34-25(32)35-16-7-5-4-6-8-16/h9-10,12-16,19-20,28-29H,4-8,11H2,1-3H3/t13-,14-,15?,19-,20-/m1/s1. The number of aromatic nitrogens is 1. The van der Waals surface area contributed by atoms with Gasteiger partial charge >= 0.3 is 12.1 Å². The van der Waals surface area contributed by atoms with Crippen LogP contribution in [0.15, 0.2) is 21.5 Å². The molecule has 5 atom stereocenters. The summed E-state index contributed by atoms with van der Waals surface area (Å²) < 4.78 is 15.9. The number of carbonyl (C=O) groups is 3. The van der Waals surface area contributed by atoms with Gasteiger partial charge in [-0.25, -0.2) is 14.6 Å². The van der Waals surface area contributed by atoms with Crippen molar-refractivity contribution in [3.05, 3.63) is 32.1 Å². The maximum Gasteiger partial charge on any atom is 0.511 e. The summed E-state index contributed by atoms with van der Waals surface area (Å²) in [6.07, 6.45) is 3.28. The molecule has 0 aromatic carbocycles. The number of β-lactam (4-membered cyclic amide) rings is 1. The molecule has 0 bridgehead atoms. The van der Waals surface area contributed by atoms with Crippen LogP contribution in [0.4, 0.5) is 4.79 Å². The maximum absolute atomic E-state index is 13.2. The molecule has 1 aliphatic carbocycles. The van der Waals surface area contributed by atoms with Gasteiger partial charge in [-0.1, -0.05) is 25.1 Å². The van der Waals surface area contributed by atoms with Crippen molar-refractivity contribution in [2.45, 2.75) is 84.0 Å². The summed E-state index contributed by atoms with van der Waals surface area (Å²) in [7, 11) is 0. The number of carbonyl (C=O) groups excluding carboxylic acids is 3. The van der Waals surface area contributed by atoms with E-state index in [4.69, 9.17) is 14.2 Å². The first kappa shape index (κ1) is 27.6. The smallest absolute Gasteiger partial charge is 0.431 e. The molecule has 1 saturated heterocycles. The van der Waals surface area contributed by atoms with E-state index in [1.165, 1.54) is 34.9 Å². The number of hydrogen-bond donors (Lipinski definition) is 2. The quantitative estimate of drug-likeness (QED) is 0.265. The Morgan fingerprint density at radius 2 is 2.00 bits per heavy atom. The summed E-state index contributed by atoms with van der Waals surface area (Å²) in [5, 5.41) is 21.3. The highest BCUT2D eigenvalue weighted by molar-refractivity contribution is 8.06. The minimum Gasteiger partial charge on any atom is -0.431 e. The average Bonchev–Trinajstić information content (AvgIpc) is 3.39. The number of nitrogens with zero attached hydrogens (tertiary/aromatic N) is 2. The molecule has 4 rings (SSSR count). The first-order valence-corrected chi connectivity index (χ1v) is 14.2. The third-order valence-corrected chi connectivity index (χ3v) is 8.82. The molecule has 2 N–H and O–H groups in total. The van der Waals surface area contributed by atoms with Crippen LogP contribution >= 0.6 is 23.1 Å². The van der Waals surface area contributed by atoms with Gasteiger partial charge in [0.15, 0.2) is 0 Å². The minimum absolute atomic E-state index is 0.0804. The van der Waals surface area contributed by atoms with Crippen molar-refractivity contribution in [3.63, 3.8) is 0 Å². The predicted octanol–water partition coefficient (Wildman–Crippen LogP) is 3.78. The molecule has 12 heteroatoms. The molecule has 0 radical (unpaired) electrons. The Hall–Kier alpha value is -2.41. The number of fused-ring (bicyclic) bond motifs is 1. The van der Waals surface area contributed by atoms with E-state index < -0.39 is 30.4 Å². The molecule has 0 spiro atoms. The molecule has 202 valence electrons. The number of aliphatic hydroxyl groups excluding tert-OH is 2. The van der Waals surface area contributed by atoms with Crippen molar-refractivity contribution in [1.82, 2.24) is 9.88 Å². The Balaban J connectivity index is 1.47. The van der Waals surface area contributed by atoms with E-state index in [1.54, 1.807) is 23.9 Å².